The molecule has 0 aromatic heterocycles. The van der Waals surface area contributed by atoms with Crippen molar-refractivity contribution in [2.24, 2.45) is 0 Å². The highest BCUT2D eigenvalue weighted by Gasteiger charge is 2.10. The molecular formula is C14H11BrClF. The van der Waals surface area contributed by atoms with Crippen molar-refractivity contribution >= 4 is 27.5 Å². The van der Waals surface area contributed by atoms with Crippen LogP contribution in [0.15, 0.2) is 53.0 Å². The third kappa shape index (κ3) is 3.55. The first-order valence-electron chi connectivity index (χ1n) is 5.29. The van der Waals surface area contributed by atoms with Crippen LogP contribution in [-0.4, -0.2) is 0 Å². The fourth-order valence-electron chi connectivity index (χ4n) is 1.69. The minimum atomic E-state index is -0.270. The predicted octanol–water partition coefficient (Wildman–Crippen LogP) is 5.11. The van der Waals surface area contributed by atoms with Crippen molar-refractivity contribution < 1.29 is 4.39 Å². The summed E-state index contributed by atoms with van der Waals surface area (Å²) in [6.07, 6.45) is 0.693. The zero-order valence-corrected chi connectivity index (χ0v) is 11.4. The summed E-state index contributed by atoms with van der Waals surface area (Å²) >= 11 is 9.57. The lowest BCUT2D eigenvalue weighted by molar-refractivity contribution is 0.623. The van der Waals surface area contributed by atoms with Crippen LogP contribution in [0.2, 0.25) is 0 Å². The molecule has 88 valence electrons. The van der Waals surface area contributed by atoms with Crippen molar-refractivity contribution in [1.29, 1.82) is 0 Å². The lowest BCUT2D eigenvalue weighted by atomic mass is 10.0. The van der Waals surface area contributed by atoms with Gasteiger partial charge in [-0.05, 0) is 35.7 Å². The van der Waals surface area contributed by atoms with E-state index < -0.39 is 0 Å². The Labute approximate surface area is 114 Å². The molecule has 2 aromatic rings. The Hall–Kier alpha value is -0.860. The summed E-state index contributed by atoms with van der Waals surface area (Å²) in [5.74, 6) is -0.270. The third-order valence-corrected chi connectivity index (χ3v) is 3.37. The first kappa shape index (κ1) is 12.6. The minimum Gasteiger partial charge on any atom is -0.207 e. The highest BCUT2D eigenvalue weighted by Crippen LogP contribution is 2.28. The molecule has 17 heavy (non-hydrogen) atoms. The summed E-state index contributed by atoms with van der Waals surface area (Å²) in [7, 11) is 0. The van der Waals surface area contributed by atoms with Gasteiger partial charge in [-0.2, -0.15) is 0 Å². The quantitative estimate of drug-likeness (QED) is 0.691. The average molecular weight is 314 g/mol. The van der Waals surface area contributed by atoms with E-state index >= 15 is 0 Å². The van der Waals surface area contributed by atoms with Crippen LogP contribution < -0.4 is 0 Å². The second kappa shape index (κ2) is 5.65. The van der Waals surface area contributed by atoms with Gasteiger partial charge in [0.2, 0.25) is 0 Å². The normalized spacial score (nSPS) is 12.4. The summed E-state index contributed by atoms with van der Waals surface area (Å²) < 4.78 is 14.0. The van der Waals surface area contributed by atoms with Gasteiger partial charge in [0, 0.05) is 4.47 Å². The van der Waals surface area contributed by atoms with Crippen LogP contribution in [0.5, 0.6) is 0 Å². The predicted molar refractivity (Wildman–Crippen MR) is 72.8 cm³/mol. The molecule has 0 bridgehead atoms. The fourth-order valence-corrected chi connectivity index (χ4v) is 2.48. The standard InChI is InChI=1S/C14H11BrClF/c15-12-7-11(8-13(17)9-12)14(16)6-10-4-2-1-3-5-10/h1-5,7-9,14H,6H2. The first-order chi connectivity index (χ1) is 8.15. The van der Waals surface area contributed by atoms with Gasteiger partial charge in [-0.3, -0.25) is 0 Å². The van der Waals surface area contributed by atoms with Gasteiger partial charge in [0.25, 0.3) is 0 Å². The van der Waals surface area contributed by atoms with Crippen molar-refractivity contribution in [3.05, 3.63) is 69.9 Å². The van der Waals surface area contributed by atoms with Crippen LogP contribution in [-0.2, 0) is 6.42 Å². The van der Waals surface area contributed by atoms with E-state index in [1.54, 1.807) is 0 Å². The summed E-state index contributed by atoms with van der Waals surface area (Å²) in [5, 5.41) is -0.218. The van der Waals surface area contributed by atoms with Crippen molar-refractivity contribution in [3.8, 4) is 0 Å². The molecular weight excluding hydrogens is 303 g/mol. The lowest BCUT2D eigenvalue weighted by Gasteiger charge is -2.10. The molecule has 0 nitrogen and oxygen atoms in total. The molecule has 2 rings (SSSR count). The second-order valence-electron chi connectivity index (χ2n) is 3.86. The lowest BCUT2D eigenvalue weighted by Crippen LogP contribution is -1.96. The summed E-state index contributed by atoms with van der Waals surface area (Å²) in [6, 6.07) is 14.7. The summed E-state index contributed by atoms with van der Waals surface area (Å²) in [4.78, 5) is 0. The van der Waals surface area contributed by atoms with Crippen LogP contribution >= 0.6 is 27.5 Å². The molecule has 1 unspecified atom stereocenters. The Kier molecular flexibility index (Phi) is 4.19. The molecule has 0 saturated carbocycles. The number of benzene rings is 2. The highest BCUT2D eigenvalue weighted by molar-refractivity contribution is 9.10. The monoisotopic (exact) mass is 312 g/mol. The van der Waals surface area contributed by atoms with Crippen molar-refractivity contribution in [2.45, 2.75) is 11.8 Å². The Morgan fingerprint density at radius 3 is 2.47 bits per heavy atom. The largest absolute Gasteiger partial charge is 0.207 e. The molecule has 0 aliphatic heterocycles. The van der Waals surface area contributed by atoms with Gasteiger partial charge in [-0.1, -0.05) is 46.3 Å². The molecule has 0 spiro atoms. The van der Waals surface area contributed by atoms with Crippen molar-refractivity contribution in [2.75, 3.05) is 0 Å². The second-order valence-corrected chi connectivity index (χ2v) is 5.30. The van der Waals surface area contributed by atoms with E-state index in [9.17, 15) is 4.39 Å². The zero-order valence-electron chi connectivity index (χ0n) is 9.04. The molecule has 0 radical (unpaired) electrons. The summed E-state index contributed by atoms with van der Waals surface area (Å²) in [5.41, 5.74) is 1.94. The van der Waals surface area contributed by atoms with E-state index in [2.05, 4.69) is 15.9 Å². The summed E-state index contributed by atoms with van der Waals surface area (Å²) in [6.45, 7) is 0. The Balaban J connectivity index is 2.17. The van der Waals surface area contributed by atoms with Crippen LogP contribution in [0.25, 0.3) is 0 Å². The third-order valence-electron chi connectivity index (χ3n) is 2.50. The SMILES string of the molecule is Fc1cc(Br)cc(C(Cl)Cc2ccccc2)c1. The average Bonchev–Trinajstić information content (AvgIpc) is 2.29. The number of hydrogen-bond donors (Lipinski definition) is 0. The van der Waals surface area contributed by atoms with Crippen molar-refractivity contribution in [1.82, 2.24) is 0 Å². The minimum absolute atomic E-state index is 0.218. The Morgan fingerprint density at radius 2 is 1.82 bits per heavy atom. The topological polar surface area (TPSA) is 0 Å². The van der Waals surface area contributed by atoms with Gasteiger partial charge in [-0.25, -0.2) is 4.39 Å². The van der Waals surface area contributed by atoms with Gasteiger partial charge < -0.3 is 0 Å². The maximum atomic E-state index is 13.2. The first-order valence-corrected chi connectivity index (χ1v) is 6.52. The highest BCUT2D eigenvalue weighted by atomic mass is 79.9. The maximum Gasteiger partial charge on any atom is 0.124 e. The molecule has 1 atom stereocenters. The molecule has 0 saturated heterocycles. The van der Waals surface area contributed by atoms with Crippen LogP contribution in [0.1, 0.15) is 16.5 Å². The van der Waals surface area contributed by atoms with Gasteiger partial charge >= 0.3 is 0 Å². The van der Waals surface area contributed by atoms with Gasteiger partial charge in [0.05, 0.1) is 5.38 Å². The molecule has 0 amide bonds. The Morgan fingerprint density at radius 1 is 1.12 bits per heavy atom. The molecule has 3 heteroatoms. The van der Waals surface area contributed by atoms with E-state index in [0.717, 1.165) is 11.1 Å². The molecule has 0 N–H and O–H groups in total. The maximum absolute atomic E-state index is 13.2. The smallest absolute Gasteiger partial charge is 0.124 e. The number of rotatable bonds is 3. The van der Waals surface area contributed by atoms with Gasteiger partial charge in [0.15, 0.2) is 0 Å². The molecule has 0 heterocycles. The number of halogens is 3. The van der Waals surface area contributed by atoms with E-state index in [0.29, 0.717) is 10.9 Å². The van der Waals surface area contributed by atoms with Gasteiger partial charge in [0.1, 0.15) is 5.82 Å². The van der Waals surface area contributed by atoms with E-state index in [1.807, 2.05) is 36.4 Å². The molecule has 0 fully saturated rings. The Bertz CT molecular complexity index is 479. The van der Waals surface area contributed by atoms with Gasteiger partial charge in [-0.15, -0.1) is 11.6 Å². The molecule has 0 aliphatic carbocycles. The zero-order chi connectivity index (χ0) is 12.3. The van der Waals surface area contributed by atoms with Crippen LogP contribution in [0.4, 0.5) is 4.39 Å². The van der Waals surface area contributed by atoms with E-state index in [4.69, 9.17) is 11.6 Å². The number of alkyl halides is 1. The molecule has 0 aliphatic rings. The van der Waals surface area contributed by atoms with E-state index in [1.165, 1.54) is 12.1 Å². The number of hydrogen-bond acceptors (Lipinski definition) is 0. The van der Waals surface area contributed by atoms with E-state index in [-0.39, 0.29) is 11.2 Å². The van der Waals surface area contributed by atoms with Crippen LogP contribution in [0.3, 0.4) is 0 Å². The fraction of sp³-hybridized carbons (Fsp3) is 0.143. The van der Waals surface area contributed by atoms with Crippen LogP contribution in [0, 0.1) is 5.82 Å². The van der Waals surface area contributed by atoms with Crippen molar-refractivity contribution in [3.63, 3.8) is 0 Å². The molecule has 2 aromatic carbocycles.